The minimum atomic E-state index is -0.646. The molecule has 1 saturated heterocycles. The molecule has 1 N–H and O–H groups in total. The van der Waals surface area contributed by atoms with Crippen molar-refractivity contribution < 1.29 is 19.4 Å². The molecule has 0 aromatic rings. The number of ether oxygens (including phenoxy) is 1. The van der Waals surface area contributed by atoms with Crippen molar-refractivity contribution in [2.75, 3.05) is 13.1 Å². The second-order valence-corrected chi connectivity index (χ2v) is 7.20. The fourth-order valence-electron chi connectivity index (χ4n) is 2.85. The van der Waals surface area contributed by atoms with Crippen LogP contribution in [-0.2, 0) is 9.53 Å². The van der Waals surface area contributed by atoms with Gasteiger partial charge in [-0.25, -0.2) is 4.79 Å². The number of amides is 1. The lowest BCUT2D eigenvalue weighted by molar-refractivity contribution is -0.144. The third-order valence-electron chi connectivity index (χ3n) is 4.25. The third kappa shape index (κ3) is 3.64. The van der Waals surface area contributed by atoms with Crippen molar-refractivity contribution in [3.8, 4) is 0 Å². The van der Waals surface area contributed by atoms with Crippen molar-refractivity contribution in [3.63, 3.8) is 0 Å². The molecule has 1 aliphatic heterocycles. The van der Waals surface area contributed by atoms with Crippen LogP contribution in [0, 0.1) is 11.3 Å². The Bertz CT molecular complexity index is 387. The summed E-state index contributed by atoms with van der Waals surface area (Å²) in [6.45, 7) is 6.94. The lowest BCUT2D eigenvalue weighted by atomic mass is 9.85. The van der Waals surface area contributed by atoms with Gasteiger partial charge in [-0.15, -0.1) is 0 Å². The molecule has 0 unspecified atom stereocenters. The van der Waals surface area contributed by atoms with Crippen LogP contribution >= 0.6 is 0 Å². The van der Waals surface area contributed by atoms with Crippen LogP contribution in [0.15, 0.2) is 0 Å². The number of hydrogen-bond donors (Lipinski definition) is 1. The van der Waals surface area contributed by atoms with Gasteiger partial charge in [0.25, 0.3) is 0 Å². The number of carbonyl (C=O) groups is 2. The van der Waals surface area contributed by atoms with E-state index in [1.54, 1.807) is 4.90 Å². The van der Waals surface area contributed by atoms with Crippen molar-refractivity contribution in [3.05, 3.63) is 0 Å². The fourth-order valence-corrected chi connectivity index (χ4v) is 2.85. The topological polar surface area (TPSA) is 66.8 Å². The Morgan fingerprint density at radius 1 is 1.25 bits per heavy atom. The van der Waals surface area contributed by atoms with E-state index in [0.717, 1.165) is 32.1 Å². The summed E-state index contributed by atoms with van der Waals surface area (Å²) in [5.74, 6) is -0.223. The van der Waals surface area contributed by atoms with Gasteiger partial charge in [0, 0.05) is 13.1 Å². The molecule has 2 aliphatic rings. The third-order valence-corrected chi connectivity index (χ3v) is 4.25. The standard InChI is InChI=1S/C15H25NO4/c1-14(2,3)20-13(19)16-8-4-11(5-9-16)10-15(6-7-15)12(17)18/h11H,4-10H2,1-3H3,(H,17,18). The monoisotopic (exact) mass is 283 g/mol. The van der Waals surface area contributed by atoms with Crippen molar-refractivity contribution in [2.24, 2.45) is 11.3 Å². The normalized spacial score (nSPS) is 22.4. The van der Waals surface area contributed by atoms with Crippen LogP contribution in [0.5, 0.6) is 0 Å². The summed E-state index contributed by atoms with van der Waals surface area (Å²) in [4.78, 5) is 24.9. The van der Waals surface area contributed by atoms with Crippen LogP contribution in [-0.4, -0.2) is 40.8 Å². The van der Waals surface area contributed by atoms with E-state index >= 15 is 0 Å². The molecule has 0 bridgehead atoms. The Morgan fingerprint density at radius 3 is 2.20 bits per heavy atom. The van der Waals surface area contributed by atoms with Crippen molar-refractivity contribution >= 4 is 12.1 Å². The van der Waals surface area contributed by atoms with Crippen molar-refractivity contribution in [1.82, 2.24) is 4.90 Å². The average molecular weight is 283 g/mol. The summed E-state index contributed by atoms with van der Waals surface area (Å²) < 4.78 is 5.36. The number of likely N-dealkylation sites (tertiary alicyclic amines) is 1. The Balaban J connectivity index is 1.78. The summed E-state index contributed by atoms with van der Waals surface area (Å²) >= 11 is 0. The van der Waals surface area contributed by atoms with Gasteiger partial charge in [-0.3, -0.25) is 4.79 Å². The number of rotatable bonds is 3. The zero-order valence-electron chi connectivity index (χ0n) is 12.6. The van der Waals surface area contributed by atoms with E-state index in [1.165, 1.54) is 0 Å². The Kier molecular flexibility index (Phi) is 3.98. The Hall–Kier alpha value is -1.26. The summed E-state index contributed by atoms with van der Waals surface area (Å²) in [5, 5.41) is 9.22. The maximum atomic E-state index is 11.9. The van der Waals surface area contributed by atoms with Gasteiger partial charge < -0.3 is 14.7 Å². The maximum Gasteiger partial charge on any atom is 0.410 e. The molecule has 0 aromatic heterocycles. The molecule has 2 rings (SSSR count). The molecule has 0 radical (unpaired) electrons. The Morgan fingerprint density at radius 2 is 1.80 bits per heavy atom. The van der Waals surface area contributed by atoms with Gasteiger partial charge in [0.1, 0.15) is 5.60 Å². The smallest absolute Gasteiger partial charge is 0.410 e. The van der Waals surface area contributed by atoms with Gasteiger partial charge in [0.2, 0.25) is 0 Å². The van der Waals surface area contributed by atoms with Crippen LogP contribution in [0.25, 0.3) is 0 Å². The SMILES string of the molecule is CC(C)(C)OC(=O)N1CCC(CC2(C(=O)O)CC2)CC1. The number of carboxylic acids is 1. The molecule has 1 heterocycles. The second-order valence-electron chi connectivity index (χ2n) is 7.20. The van der Waals surface area contributed by atoms with Gasteiger partial charge in [-0.1, -0.05) is 0 Å². The molecular weight excluding hydrogens is 258 g/mol. The number of carboxylic acid groups (broad SMARTS) is 1. The number of nitrogens with zero attached hydrogens (tertiary/aromatic N) is 1. The van der Waals surface area contributed by atoms with Crippen molar-refractivity contribution in [2.45, 2.75) is 58.5 Å². The molecular formula is C15H25NO4. The van der Waals surface area contributed by atoms with Gasteiger partial charge >= 0.3 is 12.1 Å². The zero-order valence-corrected chi connectivity index (χ0v) is 12.6. The first-order valence-corrected chi connectivity index (χ1v) is 7.43. The van der Waals surface area contributed by atoms with Gasteiger partial charge in [0.05, 0.1) is 5.41 Å². The first-order valence-electron chi connectivity index (χ1n) is 7.43. The van der Waals surface area contributed by atoms with E-state index in [-0.39, 0.29) is 6.09 Å². The number of hydrogen-bond acceptors (Lipinski definition) is 3. The summed E-state index contributed by atoms with van der Waals surface area (Å²) in [6.07, 6.45) is 3.91. The lowest BCUT2D eigenvalue weighted by Gasteiger charge is -2.34. The minimum Gasteiger partial charge on any atom is -0.481 e. The van der Waals surface area contributed by atoms with Crippen LogP contribution in [0.2, 0.25) is 0 Å². The largest absolute Gasteiger partial charge is 0.481 e. The molecule has 0 spiro atoms. The molecule has 0 aromatic carbocycles. The van der Waals surface area contributed by atoms with Crippen molar-refractivity contribution in [1.29, 1.82) is 0 Å². The van der Waals surface area contributed by atoms with E-state index in [1.807, 2.05) is 20.8 Å². The number of aliphatic carboxylic acids is 1. The molecule has 5 nitrogen and oxygen atoms in total. The number of piperidine rings is 1. The second kappa shape index (κ2) is 5.26. The molecule has 20 heavy (non-hydrogen) atoms. The quantitative estimate of drug-likeness (QED) is 0.864. The molecule has 5 heteroatoms. The van der Waals surface area contributed by atoms with E-state index < -0.39 is 17.0 Å². The predicted molar refractivity (Wildman–Crippen MR) is 74.5 cm³/mol. The van der Waals surface area contributed by atoms with Crippen LogP contribution in [0.4, 0.5) is 4.79 Å². The highest BCUT2D eigenvalue weighted by molar-refractivity contribution is 5.77. The predicted octanol–water partition coefficient (Wildman–Crippen LogP) is 2.89. The molecule has 1 aliphatic carbocycles. The van der Waals surface area contributed by atoms with E-state index in [4.69, 9.17) is 4.74 Å². The highest BCUT2D eigenvalue weighted by Crippen LogP contribution is 2.52. The zero-order chi connectivity index (χ0) is 15.0. The summed E-state index contributed by atoms with van der Waals surface area (Å²) in [6, 6.07) is 0. The highest BCUT2D eigenvalue weighted by atomic mass is 16.6. The van der Waals surface area contributed by atoms with E-state index in [2.05, 4.69) is 0 Å². The molecule has 114 valence electrons. The molecule has 1 saturated carbocycles. The van der Waals surface area contributed by atoms with E-state index in [0.29, 0.717) is 19.0 Å². The fraction of sp³-hybridized carbons (Fsp3) is 0.867. The van der Waals surface area contributed by atoms with E-state index in [9.17, 15) is 14.7 Å². The highest BCUT2D eigenvalue weighted by Gasteiger charge is 2.51. The molecule has 1 amide bonds. The molecule has 0 atom stereocenters. The van der Waals surface area contributed by atoms with Crippen LogP contribution in [0.1, 0.15) is 52.9 Å². The van der Waals surface area contributed by atoms with Gasteiger partial charge in [0.15, 0.2) is 0 Å². The Labute approximate surface area is 120 Å². The average Bonchev–Trinajstić information content (AvgIpc) is 3.08. The minimum absolute atomic E-state index is 0.254. The first kappa shape index (κ1) is 15.1. The summed E-state index contributed by atoms with van der Waals surface area (Å²) in [7, 11) is 0. The lowest BCUT2D eigenvalue weighted by Crippen LogP contribution is -2.42. The number of carbonyl (C=O) groups excluding carboxylic acids is 1. The van der Waals surface area contributed by atoms with Gasteiger partial charge in [-0.05, 0) is 58.8 Å². The van der Waals surface area contributed by atoms with Gasteiger partial charge in [-0.2, -0.15) is 0 Å². The summed E-state index contributed by atoms with van der Waals surface area (Å²) in [5.41, 5.74) is -0.909. The maximum absolute atomic E-state index is 11.9. The van der Waals surface area contributed by atoms with Crippen LogP contribution < -0.4 is 0 Å². The molecule has 2 fully saturated rings. The first-order chi connectivity index (χ1) is 9.22. The van der Waals surface area contributed by atoms with Crippen LogP contribution in [0.3, 0.4) is 0 Å².